The highest BCUT2D eigenvalue weighted by Gasteiger charge is 2.32. The molecule has 0 aliphatic heterocycles. The maximum atomic E-state index is 11.6. The molecule has 2 atom stereocenters. The molecule has 0 aliphatic carbocycles. The summed E-state index contributed by atoms with van der Waals surface area (Å²) in [6.07, 6.45) is 0. The van der Waals surface area contributed by atoms with E-state index >= 15 is 0 Å². The highest BCUT2D eigenvalue weighted by molar-refractivity contribution is 5.71. The van der Waals surface area contributed by atoms with Gasteiger partial charge < -0.3 is 4.74 Å². The monoisotopic (exact) mass is 276 g/mol. The van der Waals surface area contributed by atoms with Gasteiger partial charge >= 0.3 is 5.97 Å². The molecule has 0 heterocycles. The Bertz CT molecular complexity index is 420. The summed E-state index contributed by atoms with van der Waals surface area (Å²) in [7, 11) is 0. The van der Waals surface area contributed by atoms with Gasteiger partial charge in [0, 0.05) is 5.41 Å². The molecule has 0 unspecified atom stereocenters. The fraction of sp³-hybridized carbons (Fsp3) is 0.611. The van der Waals surface area contributed by atoms with Crippen LogP contribution in [0, 0.1) is 17.3 Å². The maximum absolute atomic E-state index is 11.6. The molecule has 0 aliphatic rings. The zero-order valence-electron chi connectivity index (χ0n) is 13.6. The smallest absolute Gasteiger partial charge is 0.308 e. The van der Waals surface area contributed by atoms with Gasteiger partial charge in [0.2, 0.25) is 0 Å². The molecule has 0 bridgehead atoms. The van der Waals surface area contributed by atoms with Crippen molar-refractivity contribution < 1.29 is 9.53 Å². The number of ether oxygens (including phenoxy) is 1. The molecule has 0 amide bonds. The van der Waals surface area contributed by atoms with E-state index in [9.17, 15) is 4.79 Å². The number of benzene rings is 1. The Morgan fingerprint density at radius 1 is 1.10 bits per heavy atom. The van der Waals surface area contributed by atoms with Crippen LogP contribution in [0.4, 0.5) is 0 Å². The first kappa shape index (κ1) is 16.7. The van der Waals surface area contributed by atoms with Gasteiger partial charge in [-0.15, -0.1) is 0 Å². The average Bonchev–Trinajstić information content (AvgIpc) is 2.44. The van der Waals surface area contributed by atoms with Crippen molar-refractivity contribution >= 4 is 5.97 Å². The van der Waals surface area contributed by atoms with Crippen LogP contribution in [0.25, 0.3) is 0 Å². The zero-order chi connectivity index (χ0) is 15.3. The Morgan fingerprint density at radius 3 is 2.15 bits per heavy atom. The van der Waals surface area contributed by atoms with E-state index in [0.717, 1.165) is 0 Å². The molecule has 1 rings (SSSR count). The Balaban J connectivity index is 2.69. The minimum atomic E-state index is -0.113. The van der Waals surface area contributed by atoms with Gasteiger partial charge in [-0.2, -0.15) is 0 Å². The molecule has 0 aromatic heterocycles. The van der Waals surface area contributed by atoms with Crippen LogP contribution >= 0.6 is 0 Å². The number of carbonyl (C=O) groups is 1. The number of carbonyl (C=O) groups excluding carboxylic acids is 1. The predicted molar refractivity (Wildman–Crippen MR) is 83.6 cm³/mol. The van der Waals surface area contributed by atoms with E-state index < -0.39 is 0 Å². The molecule has 1 aromatic carbocycles. The molecule has 112 valence electrons. The van der Waals surface area contributed by atoms with Crippen LogP contribution in [0.1, 0.15) is 53.0 Å². The third-order valence-electron chi connectivity index (χ3n) is 4.37. The zero-order valence-corrected chi connectivity index (χ0v) is 13.6. The number of esters is 1. The lowest BCUT2D eigenvalue weighted by atomic mass is 9.72. The molecule has 0 fully saturated rings. The first-order chi connectivity index (χ1) is 9.25. The van der Waals surface area contributed by atoms with Crippen molar-refractivity contribution in [3.8, 4) is 0 Å². The van der Waals surface area contributed by atoms with Crippen molar-refractivity contribution in [1.82, 2.24) is 0 Å². The Kier molecular flexibility index (Phi) is 5.79. The highest BCUT2D eigenvalue weighted by Crippen LogP contribution is 2.37. The molecule has 0 radical (unpaired) electrons. The van der Waals surface area contributed by atoms with Crippen LogP contribution in [0.3, 0.4) is 0 Å². The molecule has 0 spiro atoms. The van der Waals surface area contributed by atoms with E-state index in [1.807, 2.05) is 19.9 Å². The van der Waals surface area contributed by atoms with Gasteiger partial charge in [-0.1, -0.05) is 71.9 Å². The summed E-state index contributed by atoms with van der Waals surface area (Å²) in [6, 6.07) is 10.5. The Hall–Kier alpha value is -1.31. The Morgan fingerprint density at radius 2 is 1.65 bits per heavy atom. The second-order valence-electron chi connectivity index (χ2n) is 6.74. The topological polar surface area (TPSA) is 26.3 Å². The lowest BCUT2D eigenvalue weighted by Crippen LogP contribution is -2.32. The van der Waals surface area contributed by atoms with Crippen molar-refractivity contribution in [2.75, 3.05) is 6.61 Å². The predicted octanol–water partition coefficient (Wildman–Crippen LogP) is 4.65. The summed E-state index contributed by atoms with van der Waals surface area (Å²) in [6.45, 7) is 13.0. The van der Waals surface area contributed by atoms with Crippen LogP contribution in [0.5, 0.6) is 0 Å². The fourth-order valence-corrected chi connectivity index (χ4v) is 2.28. The van der Waals surface area contributed by atoms with E-state index in [1.54, 1.807) is 0 Å². The van der Waals surface area contributed by atoms with Gasteiger partial charge in [-0.25, -0.2) is 0 Å². The lowest BCUT2D eigenvalue weighted by molar-refractivity contribution is -0.151. The van der Waals surface area contributed by atoms with E-state index in [0.29, 0.717) is 18.4 Å². The number of hydrogen-bond donors (Lipinski definition) is 0. The van der Waals surface area contributed by atoms with Crippen molar-refractivity contribution in [2.24, 2.45) is 17.3 Å². The molecule has 2 heteroatoms. The van der Waals surface area contributed by atoms with Gasteiger partial charge in [0.05, 0.1) is 12.5 Å². The van der Waals surface area contributed by atoms with Gasteiger partial charge in [-0.05, 0) is 17.4 Å². The van der Waals surface area contributed by atoms with E-state index in [2.05, 4.69) is 52.0 Å². The second kappa shape index (κ2) is 6.92. The first-order valence-corrected chi connectivity index (χ1v) is 7.47. The molecule has 0 saturated carbocycles. The highest BCUT2D eigenvalue weighted by atomic mass is 16.5. The molecule has 0 N–H and O–H groups in total. The van der Waals surface area contributed by atoms with Gasteiger partial charge in [0.25, 0.3) is 0 Å². The summed E-state index contributed by atoms with van der Waals surface area (Å²) in [4.78, 5) is 11.6. The van der Waals surface area contributed by atoms with Crippen molar-refractivity contribution in [3.05, 3.63) is 35.9 Å². The second-order valence-corrected chi connectivity index (χ2v) is 6.74. The average molecular weight is 276 g/mol. The van der Waals surface area contributed by atoms with Crippen LogP contribution in [0.15, 0.2) is 30.3 Å². The maximum Gasteiger partial charge on any atom is 0.308 e. The number of hydrogen-bond acceptors (Lipinski definition) is 2. The molecule has 1 aromatic rings. The van der Waals surface area contributed by atoms with Crippen molar-refractivity contribution in [3.63, 3.8) is 0 Å². The fourth-order valence-electron chi connectivity index (χ4n) is 2.28. The van der Waals surface area contributed by atoms with Crippen LogP contribution in [-0.2, 0) is 9.53 Å². The first-order valence-electron chi connectivity index (χ1n) is 7.47. The van der Waals surface area contributed by atoms with Crippen LogP contribution < -0.4 is 0 Å². The molecule has 2 nitrogen and oxygen atoms in total. The third kappa shape index (κ3) is 4.36. The van der Waals surface area contributed by atoms with Crippen LogP contribution in [0.2, 0.25) is 0 Å². The largest absolute Gasteiger partial charge is 0.465 e. The minimum absolute atomic E-state index is 0.0419. The van der Waals surface area contributed by atoms with Crippen molar-refractivity contribution in [1.29, 1.82) is 0 Å². The number of rotatable bonds is 6. The SMILES string of the molecule is CC(C)C(=O)OCC(C)(C)[C@@H](C)[C@H](C)c1ccccc1. The Labute approximate surface area is 123 Å². The van der Waals surface area contributed by atoms with E-state index in [1.165, 1.54) is 5.56 Å². The molecular weight excluding hydrogens is 248 g/mol. The quantitative estimate of drug-likeness (QED) is 0.707. The summed E-state index contributed by atoms with van der Waals surface area (Å²) < 4.78 is 5.44. The summed E-state index contributed by atoms with van der Waals surface area (Å²) in [5, 5.41) is 0. The van der Waals surface area contributed by atoms with Crippen molar-refractivity contribution in [2.45, 2.75) is 47.5 Å². The minimum Gasteiger partial charge on any atom is -0.465 e. The normalized spacial score (nSPS) is 14.9. The standard InChI is InChI=1S/C18H28O2/c1-13(2)17(19)20-12-18(5,6)15(4)14(3)16-10-8-7-9-11-16/h7-11,13-15H,12H2,1-6H3/t14-,15-/m0/s1. The molecule has 0 saturated heterocycles. The van der Waals surface area contributed by atoms with Gasteiger partial charge in [-0.3, -0.25) is 4.79 Å². The van der Waals surface area contributed by atoms with Gasteiger partial charge in [0.1, 0.15) is 0 Å². The van der Waals surface area contributed by atoms with Crippen LogP contribution in [-0.4, -0.2) is 12.6 Å². The lowest BCUT2D eigenvalue weighted by Gasteiger charge is -2.35. The van der Waals surface area contributed by atoms with Gasteiger partial charge in [0.15, 0.2) is 0 Å². The van der Waals surface area contributed by atoms with E-state index in [-0.39, 0.29) is 17.3 Å². The summed E-state index contributed by atoms with van der Waals surface area (Å²) in [5.41, 5.74) is 1.29. The summed E-state index contributed by atoms with van der Waals surface area (Å²) >= 11 is 0. The molecule has 20 heavy (non-hydrogen) atoms. The molecular formula is C18H28O2. The third-order valence-corrected chi connectivity index (χ3v) is 4.37. The summed E-state index contributed by atoms with van der Waals surface area (Å²) in [5.74, 6) is 0.680. The van der Waals surface area contributed by atoms with E-state index in [4.69, 9.17) is 4.74 Å².